The van der Waals surface area contributed by atoms with Crippen molar-refractivity contribution >= 4 is 58.3 Å². The Morgan fingerprint density at radius 1 is 0.224 bits per heavy atom. The van der Waals surface area contributed by atoms with Gasteiger partial charge in [0.25, 0.3) is 0 Å². The van der Waals surface area contributed by atoms with Crippen molar-refractivity contribution in [2.75, 3.05) is 9.62 Å². The molecule has 4 heterocycles. The Kier molecular flexibility index (Phi) is 6.65. The monoisotopic (exact) mass is 732 g/mol. The second kappa shape index (κ2) is 12.1. The van der Waals surface area contributed by atoms with Crippen LogP contribution in [0.15, 0.2) is 206 Å². The van der Waals surface area contributed by atoms with Crippen LogP contribution in [0.5, 0.6) is 0 Å². The number of rotatable bonds is 2. The van der Waals surface area contributed by atoms with Crippen LogP contribution in [0.3, 0.4) is 0 Å². The van der Waals surface area contributed by atoms with Gasteiger partial charge in [-0.05, 0) is 103 Å². The van der Waals surface area contributed by atoms with E-state index in [1.807, 2.05) is 0 Å². The minimum Gasteiger partial charge on any atom is -0.376 e. The maximum absolute atomic E-state index is 2.64. The number of hydrogen-bond acceptors (Lipinski definition) is 2. The van der Waals surface area contributed by atoms with Gasteiger partial charge in [-0.15, -0.1) is 0 Å². The molecule has 4 aliphatic rings. The fourth-order valence-electron chi connectivity index (χ4n) is 10.6. The van der Waals surface area contributed by atoms with E-state index >= 15 is 0 Å². The van der Waals surface area contributed by atoms with E-state index in [9.17, 15) is 0 Å². The summed E-state index contributed by atoms with van der Waals surface area (Å²) in [6.07, 6.45) is 0. The molecule has 0 bridgehead atoms. The fourth-order valence-corrected chi connectivity index (χ4v) is 10.6. The van der Waals surface area contributed by atoms with Gasteiger partial charge < -0.3 is 9.62 Å². The topological polar surface area (TPSA) is 6.48 Å². The standard InChI is InChI=1S/C54H34B2N2/c1-3-15-35(16-4-1)37-27-29-51-43(31-37)39-19-7-11-23-47(39)55-49-25-13-9-21-41(49)45-34-54-46(33-53(45)57(51)55)42-22-10-14-26-50(42)56-48-24-12-8-20-40(48)44-32-38(28-30-52(44)58(54)56)36-17-5-2-6-18-36/h1-34H. The highest BCUT2D eigenvalue weighted by atomic mass is 15.1. The summed E-state index contributed by atoms with van der Waals surface area (Å²) in [5.41, 5.74) is 25.5. The van der Waals surface area contributed by atoms with E-state index < -0.39 is 0 Å². The number of nitrogens with zero attached hydrogens (tertiary/aromatic N) is 2. The first kappa shape index (κ1) is 31.9. The maximum atomic E-state index is 2.64. The van der Waals surface area contributed by atoms with E-state index in [4.69, 9.17) is 0 Å². The predicted molar refractivity (Wildman–Crippen MR) is 246 cm³/mol. The van der Waals surface area contributed by atoms with Crippen molar-refractivity contribution in [2.45, 2.75) is 0 Å². The third kappa shape index (κ3) is 4.40. The lowest BCUT2D eigenvalue weighted by molar-refractivity contribution is 1.31. The molecule has 2 nitrogen and oxygen atoms in total. The van der Waals surface area contributed by atoms with E-state index in [0.29, 0.717) is 0 Å². The van der Waals surface area contributed by atoms with Crippen molar-refractivity contribution in [3.05, 3.63) is 206 Å². The molecule has 0 radical (unpaired) electrons. The van der Waals surface area contributed by atoms with Crippen LogP contribution in [-0.4, -0.2) is 13.7 Å². The molecule has 9 aromatic carbocycles. The zero-order chi connectivity index (χ0) is 37.9. The van der Waals surface area contributed by atoms with Gasteiger partial charge in [-0.1, -0.05) is 170 Å². The molecular weight excluding hydrogens is 698 g/mol. The van der Waals surface area contributed by atoms with Crippen LogP contribution >= 0.6 is 0 Å². The lowest BCUT2D eigenvalue weighted by atomic mass is 9.42. The highest BCUT2D eigenvalue weighted by molar-refractivity contribution is 6.93. The summed E-state index contributed by atoms with van der Waals surface area (Å²) in [4.78, 5) is 5.29. The third-order valence-electron chi connectivity index (χ3n) is 13.1. The summed E-state index contributed by atoms with van der Waals surface area (Å²) in [5, 5.41) is 0. The number of fused-ring (bicyclic) bond motifs is 22. The molecular formula is C54H34B2N2. The van der Waals surface area contributed by atoms with E-state index in [1.165, 1.54) is 111 Å². The van der Waals surface area contributed by atoms with Crippen LogP contribution in [0.1, 0.15) is 0 Å². The van der Waals surface area contributed by atoms with Crippen molar-refractivity contribution in [1.82, 2.24) is 0 Å². The smallest absolute Gasteiger partial charge is 0.329 e. The van der Waals surface area contributed by atoms with Gasteiger partial charge in [0.2, 0.25) is 0 Å². The Labute approximate surface area is 339 Å². The third-order valence-corrected chi connectivity index (χ3v) is 13.1. The Bertz CT molecular complexity index is 2940. The average Bonchev–Trinajstić information content (AvgIpc) is 3.31. The molecule has 9 aromatic rings. The molecule has 0 N–H and O–H groups in total. The van der Waals surface area contributed by atoms with Gasteiger partial charge in [0.05, 0.1) is 0 Å². The summed E-state index contributed by atoms with van der Waals surface area (Å²) in [7, 11) is 0. The quantitative estimate of drug-likeness (QED) is 0.163. The van der Waals surface area contributed by atoms with Gasteiger partial charge >= 0.3 is 13.7 Å². The molecule has 0 saturated carbocycles. The van der Waals surface area contributed by atoms with Gasteiger partial charge in [-0.25, -0.2) is 0 Å². The van der Waals surface area contributed by atoms with Crippen molar-refractivity contribution in [1.29, 1.82) is 0 Å². The van der Waals surface area contributed by atoms with Gasteiger partial charge in [0.15, 0.2) is 0 Å². The molecule has 0 aliphatic carbocycles. The largest absolute Gasteiger partial charge is 0.376 e. The summed E-state index contributed by atoms with van der Waals surface area (Å²) in [6, 6.07) is 77.1. The first-order chi connectivity index (χ1) is 28.8. The van der Waals surface area contributed by atoms with E-state index in [0.717, 1.165) is 0 Å². The average molecular weight is 733 g/mol. The molecule has 0 saturated heterocycles. The summed E-state index contributed by atoms with van der Waals surface area (Å²) in [6.45, 7) is 0.0808. The van der Waals surface area contributed by atoms with Crippen LogP contribution in [0.25, 0.3) is 66.8 Å². The zero-order valence-corrected chi connectivity index (χ0v) is 31.7. The lowest BCUT2D eigenvalue weighted by Crippen LogP contribution is -2.60. The highest BCUT2D eigenvalue weighted by Gasteiger charge is 2.46. The Morgan fingerprint density at radius 3 is 0.897 bits per heavy atom. The molecule has 58 heavy (non-hydrogen) atoms. The molecule has 0 amide bonds. The minimum absolute atomic E-state index is 0.0404. The fraction of sp³-hybridized carbons (Fsp3) is 0. The van der Waals surface area contributed by atoms with Crippen LogP contribution in [0, 0.1) is 0 Å². The minimum atomic E-state index is 0.0404. The van der Waals surface area contributed by atoms with Gasteiger partial charge in [0, 0.05) is 45.0 Å². The lowest BCUT2D eigenvalue weighted by Gasteiger charge is -2.46. The second-order valence-electron chi connectivity index (χ2n) is 16.0. The van der Waals surface area contributed by atoms with E-state index in [-0.39, 0.29) is 13.7 Å². The van der Waals surface area contributed by atoms with Gasteiger partial charge in [-0.3, -0.25) is 0 Å². The van der Waals surface area contributed by atoms with E-state index in [2.05, 4.69) is 216 Å². The van der Waals surface area contributed by atoms with Crippen LogP contribution in [-0.2, 0) is 0 Å². The zero-order valence-electron chi connectivity index (χ0n) is 31.7. The molecule has 0 fully saturated rings. The van der Waals surface area contributed by atoms with Gasteiger partial charge in [0.1, 0.15) is 0 Å². The SMILES string of the molecule is c1ccc(-c2ccc3c(c2)-c2ccccc2B2c4ccccc4-c4cc5c(cc4N23)-c2ccccc2B2c3ccccc3-c3cc(-c4ccccc4)ccc3N25)cc1. The predicted octanol–water partition coefficient (Wildman–Crippen LogP) is 10.8. The van der Waals surface area contributed by atoms with Crippen LogP contribution in [0.4, 0.5) is 22.7 Å². The molecule has 13 rings (SSSR count). The van der Waals surface area contributed by atoms with Crippen molar-refractivity contribution in [2.24, 2.45) is 0 Å². The second-order valence-corrected chi connectivity index (χ2v) is 16.0. The maximum Gasteiger partial charge on any atom is 0.329 e. The molecule has 0 spiro atoms. The first-order valence-electron chi connectivity index (χ1n) is 20.3. The molecule has 0 atom stereocenters. The van der Waals surface area contributed by atoms with Crippen molar-refractivity contribution < 1.29 is 0 Å². The van der Waals surface area contributed by atoms with Crippen LogP contribution in [0.2, 0.25) is 0 Å². The molecule has 0 unspecified atom stereocenters. The Hall–Kier alpha value is -7.29. The molecule has 266 valence electrons. The Balaban J connectivity index is 1.08. The summed E-state index contributed by atoms with van der Waals surface area (Å²) in [5.74, 6) is 0. The first-order valence-corrected chi connectivity index (χ1v) is 20.3. The number of benzene rings is 9. The molecule has 0 aromatic heterocycles. The van der Waals surface area contributed by atoms with E-state index in [1.54, 1.807) is 0 Å². The summed E-state index contributed by atoms with van der Waals surface area (Å²) < 4.78 is 0. The van der Waals surface area contributed by atoms with Crippen LogP contribution < -0.4 is 31.5 Å². The normalized spacial score (nSPS) is 13.4. The number of hydrogen-bond donors (Lipinski definition) is 0. The van der Waals surface area contributed by atoms with Crippen molar-refractivity contribution in [3.63, 3.8) is 0 Å². The molecule has 4 heteroatoms. The van der Waals surface area contributed by atoms with Crippen molar-refractivity contribution in [3.8, 4) is 66.8 Å². The number of anilines is 4. The summed E-state index contributed by atoms with van der Waals surface area (Å²) >= 11 is 0. The van der Waals surface area contributed by atoms with Gasteiger partial charge in [-0.2, -0.15) is 0 Å². The molecule has 4 aliphatic heterocycles. The highest BCUT2D eigenvalue weighted by Crippen LogP contribution is 2.53. The Morgan fingerprint density at radius 2 is 0.534 bits per heavy atom.